The Kier molecular flexibility index (Phi) is 15.9. The van der Waals surface area contributed by atoms with Crippen LogP contribution in [-0.4, -0.2) is 23.0 Å². The number of halogens is 24. The zero-order valence-corrected chi connectivity index (χ0v) is 38.3. The number of Topliss-reactive ketones (excluding diaryl/α,β-unsaturated/α-hetero) is 1. The van der Waals surface area contributed by atoms with Crippen molar-refractivity contribution in [2.45, 2.75) is 56.0 Å². The Morgan fingerprint density at radius 3 is 0.861 bits per heavy atom. The topological polar surface area (TPSA) is 58.2 Å². The number of hydrogen-bond acceptors (Lipinski definition) is 2. The van der Waals surface area contributed by atoms with Gasteiger partial charge in [0.1, 0.15) is 6.15 Å². The highest BCUT2D eigenvalue weighted by Gasteiger charge is 2.47. The maximum absolute atomic E-state index is 14.2. The summed E-state index contributed by atoms with van der Waals surface area (Å²) in [6.45, 7) is -0.00349. The monoisotopic (exact) mass is 1160 g/mol. The number of aromatic nitrogens is 1. The van der Waals surface area contributed by atoms with Crippen molar-refractivity contribution in [1.82, 2.24) is 0 Å². The molecule has 7 rings (SSSR count). The molecule has 7 aromatic rings. The summed E-state index contributed by atoms with van der Waals surface area (Å²) in [6, 6.07) is 9.13. The predicted octanol–water partition coefficient (Wildman–Crippen LogP) is 13.9. The molecule has 0 aliphatic heterocycles. The van der Waals surface area contributed by atoms with E-state index < -0.39 is 201 Å². The van der Waals surface area contributed by atoms with E-state index in [1.165, 1.54) is 4.57 Å². The molecular weight excluding hydrogens is 1130 g/mol. The first-order valence-corrected chi connectivity index (χ1v) is 21.5. The number of alkyl halides is 24. The molecule has 0 aliphatic rings. The molecule has 29 heteroatoms. The largest absolute Gasteiger partial charge is 0.473 e. The summed E-state index contributed by atoms with van der Waals surface area (Å²) in [5.74, 6) is -1.17. The lowest BCUT2D eigenvalue weighted by molar-refractivity contribution is -0.684. The molecule has 0 saturated heterocycles. The zero-order chi connectivity index (χ0) is 59.4. The van der Waals surface area contributed by atoms with E-state index in [0.29, 0.717) is 5.56 Å². The minimum Gasteiger partial charge on any atom is -0.473 e. The van der Waals surface area contributed by atoms with Crippen LogP contribution >= 0.6 is 0 Å². The van der Waals surface area contributed by atoms with Gasteiger partial charge in [0.05, 0.1) is 44.5 Å². The molecule has 6 aromatic carbocycles. The number of hydrogen-bond donors (Lipinski definition) is 1. The van der Waals surface area contributed by atoms with E-state index in [1.807, 2.05) is 30.3 Å². The van der Waals surface area contributed by atoms with Crippen LogP contribution in [0.15, 0.2) is 140 Å². The maximum atomic E-state index is 14.2. The molecule has 0 atom stereocenters. The number of nitrogens with zero attached hydrogens (tertiary/aromatic N) is 1. The molecule has 0 unspecified atom stereocenters. The summed E-state index contributed by atoms with van der Waals surface area (Å²) in [6.07, 6.45) is -53.1. The second-order valence-electron chi connectivity index (χ2n) is 17.2. The van der Waals surface area contributed by atoms with Gasteiger partial charge in [-0.3, -0.25) is 4.79 Å². The van der Waals surface area contributed by atoms with Crippen LogP contribution in [0.5, 0.6) is 0 Å². The van der Waals surface area contributed by atoms with Crippen molar-refractivity contribution >= 4 is 50.5 Å². The minimum absolute atomic E-state index is 0.00349. The summed E-state index contributed by atoms with van der Waals surface area (Å²) < 4.78 is 342. The number of carbonyl (C=O) groups is 2. The van der Waals surface area contributed by atoms with Crippen LogP contribution in [-0.2, 0) is 56.0 Å². The van der Waals surface area contributed by atoms with E-state index in [1.54, 1.807) is 36.5 Å². The highest BCUT2D eigenvalue weighted by Crippen LogP contribution is 2.41. The van der Waals surface area contributed by atoms with Crippen LogP contribution < -0.4 is 26.4 Å². The molecule has 1 N–H and O–H groups in total. The normalized spacial score (nSPS) is 13.3. The molecule has 420 valence electrons. The van der Waals surface area contributed by atoms with Crippen molar-refractivity contribution < 1.29 is 125 Å². The zero-order valence-electron chi connectivity index (χ0n) is 38.3. The number of carbonyl (C=O) groups excluding carboxylic acids is 1. The summed E-state index contributed by atoms with van der Waals surface area (Å²) in [5, 5.41) is 11.1. The highest BCUT2D eigenvalue weighted by molar-refractivity contribution is 7.20. The smallest absolute Gasteiger partial charge is 0.416 e. The third kappa shape index (κ3) is 13.6. The Morgan fingerprint density at radius 1 is 0.354 bits per heavy atom. The van der Waals surface area contributed by atoms with Crippen molar-refractivity contribution in [1.29, 1.82) is 0 Å². The van der Waals surface area contributed by atoms with E-state index in [-0.39, 0.29) is 18.0 Å². The Hall–Kier alpha value is -7.75. The second-order valence-corrected chi connectivity index (χ2v) is 17.2. The van der Waals surface area contributed by atoms with Crippen LogP contribution in [0.1, 0.15) is 65.4 Å². The van der Waals surface area contributed by atoms with Gasteiger partial charge in [0.25, 0.3) is 5.69 Å². The molecule has 0 bridgehead atoms. The Labute approximate surface area is 426 Å². The fraction of sp³-hybridized carbons (Fsp3) is 0.180. The molecule has 79 heavy (non-hydrogen) atoms. The van der Waals surface area contributed by atoms with Crippen LogP contribution in [0.25, 0.3) is 10.8 Å². The maximum Gasteiger partial charge on any atom is 0.416 e. The molecule has 0 amide bonds. The van der Waals surface area contributed by atoms with Crippen LogP contribution in [0.3, 0.4) is 0 Å². The molecule has 0 fully saturated rings. The lowest BCUT2D eigenvalue weighted by Crippen LogP contribution is -2.75. The average Bonchev–Trinajstić information content (AvgIpc) is 3.32. The van der Waals surface area contributed by atoms with Gasteiger partial charge >= 0.3 is 55.4 Å². The van der Waals surface area contributed by atoms with Gasteiger partial charge in [0, 0.05) is 17.0 Å². The van der Waals surface area contributed by atoms with E-state index in [9.17, 15) is 120 Å². The van der Waals surface area contributed by atoms with Gasteiger partial charge in [-0.25, -0.2) is 4.79 Å². The average molecular weight is 1160 g/mol. The number of rotatable bonds is 8. The number of carboxylic acid groups (broad SMARTS) is 1. The number of benzene rings is 6. The van der Waals surface area contributed by atoms with Crippen LogP contribution in [0, 0.1) is 0 Å². The first-order chi connectivity index (χ1) is 35.9. The predicted molar refractivity (Wildman–Crippen MR) is 232 cm³/mol. The number of fused-ring (bicyclic) bond motifs is 1. The summed E-state index contributed by atoms with van der Waals surface area (Å²) in [7, 11) is 0. The quantitative estimate of drug-likeness (QED) is 0.0714. The van der Waals surface area contributed by atoms with Gasteiger partial charge in [-0.05, 0) is 35.7 Å². The Morgan fingerprint density at radius 2 is 0.608 bits per heavy atom. The van der Waals surface area contributed by atoms with E-state index in [0.717, 1.165) is 10.8 Å². The Balaban J connectivity index is 0.000000378. The fourth-order valence-electron chi connectivity index (χ4n) is 8.48. The number of aromatic carboxylic acids is 1. The number of ketones is 1. The van der Waals surface area contributed by atoms with Gasteiger partial charge in [-0.15, -0.1) is 0 Å². The lowest BCUT2D eigenvalue weighted by Gasteiger charge is -2.46. The van der Waals surface area contributed by atoms with E-state index in [4.69, 9.17) is 0 Å². The van der Waals surface area contributed by atoms with Crippen molar-refractivity contribution in [3.8, 4) is 0 Å². The van der Waals surface area contributed by atoms with E-state index in [2.05, 4.69) is 0 Å². The molecule has 0 radical (unpaired) electrons. The fourth-order valence-corrected chi connectivity index (χ4v) is 8.48. The highest BCUT2D eigenvalue weighted by atomic mass is 19.4. The molecule has 0 spiro atoms. The van der Waals surface area contributed by atoms with Gasteiger partial charge in [-0.1, -0.05) is 97.1 Å². The number of pyridine rings is 1. The first kappa shape index (κ1) is 60.5. The van der Waals surface area contributed by atoms with E-state index >= 15 is 0 Å². The first-order valence-electron chi connectivity index (χ1n) is 21.5. The summed E-state index contributed by atoms with van der Waals surface area (Å²) >= 11 is 0. The van der Waals surface area contributed by atoms with Gasteiger partial charge in [0.15, 0.2) is 6.20 Å². The van der Waals surface area contributed by atoms with Crippen molar-refractivity contribution in [2.75, 3.05) is 0 Å². The molecule has 1 aromatic heterocycles. The van der Waals surface area contributed by atoms with Crippen molar-refractivity contribution in [3.05, 3.63) is 195 Å². The third-order valence-corrected chi connectivity index (χ3v) is 12.0. The molecule has 4 nitrogen and oxygen atoms in total. The second kappa shape index (κ2) is 20.8. The van der Waals surface area contributed by atoms with Gasteiger partial charge in [-0.2, -0.15) is 132 Å². The molecular formula is C50H26BF24NO3. The SMILES string of the molecule is FC(F)(F)c1cc([B-](c2cc(C(F)(F)F)cc(C(F)(F)F)c2)(c2cc(C(F)(F)F)cc(C(F)(F)F)c2)c2cc(C(F)(F)F)cc(C(F)(F)F)c2)cc(C(F)(F)F)c1.O=C(C[n+]1cc2ccccc2cc1C(=O)O)c1ccccc1. The minimum atomic E-state index is -6.13. The molecule has 1 heterocycles. The van der Waals surface area contributed by atoms with Crippen molar-refractivity contribution in [2.24, 2.45) is 0 Å². The summed E-state index contributed by atoms with van der Waals surface area (Å²) in [5.41, 5.74) is -29.5. The van der Waals surface area contributed by atoms with Crippen LogP contribution in [0.2, 0.25) is 0 Å². The van der Waals surface area contributed by atoms with Gasteiger partial charge in [0.2, 0.25) is 12.3 Å². The van der Waals surface area contributed by atoms with Crippen molar-refractivity contribution in [3.63, 3.8) is 0 Å². The molecule has 0 aliphatic carbocycles. The van der Waals surface area contributed by atoms with Gasteiger partial charge < -0.3 is 5.11 Å². The number of carboxylic acids is 1. The lowest BCUT2D eigenvalue weighted by atomic mass is 9.12. The van der Waals surface area contributed by atoms with Crippen LogP contribution in [0.4, 0.5) is 105 Å². The standard InChI is InChI=1S/C32H12BF24.C18H13NO3/c34-25(35,36)13-1-14(26(37,38)39)6-21(5-13)33(22-7-15(27(40,41)42)2-16(8-22)28(43,44)45,23-9-17(29(46,47)48)3-18(10-23)30(49,50)51)24-11-19(31(52,53)54)4-20(12-24)32(55,56)57;20-17(13-6-2-1-3-7-13)12-19-11-15-9-5-4-8-14(15)10-16(19)18(21)22/h1-12H;1-11H,12H2/q-1;/p+1. The Bertz CT molecular complexity index is 2990. The third-order valence-electron chi connectivity index (χ3n) is 12.0. The molecule has 0 saturated carbocycles. The summed E-state index contributed by atoms with van der Waals surface area (Å²) in [4.78, 5) is 23.8.